The van der Waals surface area contributed by atoms with Crippen LogP contribution in [0.4, 0.5) is 4.39 Å². The Morgan fingerprint density at radius 1 is 1.32 bits per heavy atom. The van der Waals surface area contributed by atoms with Crippen LogP contribution in [-0.4, -0.2) is 12.1 Å². The van der Waals surface area contributed by atoms with Crippen molar-refractivity contribution in [1.82, 2.24) is 4.98 Å². The van der Waals surface area contributed by atoms with Crippen molar-refractivity contribution in [2.45, 2.75) is 12.5 Å². The van der Waals surface area contributed by atoms with Crippen molar-refractivity contribution in [3.63, 3.8) is 0 Å². The van der Waals surface area contributed by atoms with Crippen LogP contribution in [0.25, 0.3) is 0 Å². The highest BCUT2D eigenvalue weighted by Crippen LogP contribution is 2.34. The Morgan fingerprint density at radius 2 is 2.05 bits per heavy atom. The van der Waals surface area contributed by atoms with Crippen LogP contribution in [0.5, 0.6) is 5.75 Å². The van der Waals surface area contributed by atoms with E-state index in [9.17, 15) is 4.39 Å². The van der Waals surface area contributed by atoms with Crippen LogP contribution < -0.4 is 10.5 Å². The molecule has 19 heavy (non-hydrogen) atoms. The van der Waals surface area contributed by atoms with E-state index in [1.165, 1.54) is 6.07 Å². The smallest absolute Gasteiger partial charge is 0.141 e. The lowest BCUT2D eigenvalue weighted by molar-refractivity contribution is 0.397. The van der Waals surface area contributed by atoms with Crippen molar-refractivity contribution >= 4 is 11.6 Å². The molecule has 0 aliphatic rings. The summed E-state index contributed by atoms with van der Waals surface area (Å²) in [6.45, 7) is 1.78. The zero-order valence-corrected chi connectivity index (χ0v) is 11.4. The van der Waals surface area contributed by atoms with Crippen LogP contribution in [0.3, 0.4) is 0 Å². The highest BCUT2D eigenvalue weighted by atomic mass is 35.5. The highest BCUT2D eigenvalue weighted by molar-refractivity contribution is 6.30. The quantitative estimate of drug-likeness (QED) is 0.940. The van der Waals surface area contributed by atoms with Crippen molar-refractivity contribution in [2.75, 3.05) is 7.11 Å². The van der Waals surface area contributed by atoms with Gasteiger partial charge in [-0.2, -0.15) is 0 Å². The molecule has 2 aromatic rings. The number of nitrogens with two attached hydrogens (primary N) is 1. The van der Waals surface area contributed by atoms with E-state index in [0.717, 1.165) is 6.20 Å². The summed E-state index contributed by atoms with van der Waals surface area (Å²) in [5.41, 5.74) is 6.64. The molecule has 1 heterocycles. The van der Waals surface area contributed by atoms with Crippen molar-refractivity contribution in [2.24, 2.45) is 5.73 Å². The van der Waals surface area contributed by atoms with Crippen molar-refractivity contribution in [3.05, 3.63) is 58.6 Å². The second kappa shape index (κ2) is 5.15. The van der Waals surface area contributed by atoms with E-state index in [0.29, 0.717) is 22.0 Å². The standard InChI is InChI=1S/C14H14ClFN2O/c1-14(17,13-6-4-10(16)8-18-13)11-7-9(15)3-5-12(11)19-2/h3-8H,17H2,1-2H3. The molecule has 1 aromatic carbocycles. The van der Waals surface area contributed by atoms with Crippen LogP contribution in [0.15, 0.2) is 36.5 Å². The Morgan fingerprint density at radius 3 is 2.63 bits per heavy atom. The Hall–Kier alpha value is -1.65. The molecule has 100 valence electrons. The number of rotatable bonds is 3. The fourth-order valence-corrected chi connectivity index (χ4v) is 2.08. The fourth-order valence-electron chi connectivity index (χ4n) is 1.91. The average molecular weight is 281 g/mol. The van der Waals surface area contributed by atoms with Gasteiger partial charge < -0.3 is 10.5 Å². The zero-order chi connectivity index (χ0) is 14.0. The van der Waals surface area contributed by atoms with Gasteiger partial charge in [0, 0.05) is 10.6 Å². The maximum atomic E-state index is 12.9. The third-order valence-corrected chi connectivity index (χ3v) is 3.22. The van der Waals surface area contributed by atoms with E-state index in [4.69, 9.17) is 22.1 Å². The first kappa shape index (κ1) is 13.8. The van der Waals surface area contributed by atoms with Crippen LogP contribution in [0.1, 0.15) is 18.2 Å². The number of aromatic nitrogens is 1. The van der Waals surface area contributed by atoms with Gasteiger partial charge in [0.25, 0.3) is 0 Å². The Labute approximate surface area is 116 Å². The maximum absolute atomic E-state index is 12.9. The Bertz CT molecular complexity index is 584. The summed E-state index contributed by atoms with van der Waals surface area (Å²) < 4.78 is 18.2. The Balaban J connectivity index is 2.55. The van der Waals surface area contributed by atoms with Gasteiger partial charge in [0.15, 0.2) is 0 Å². The molecule has 1 unspecified atom stereocenters. The third-order valence-electron chi connectivity index (χ3n) is 2.98. The number of methoxy groups -OCH3 is 1. The van der Waals surface area contributed by atoms with Gasteiger partial charge in [0.2, 0.25) is 0 Å². The summed E-state index contributed by atoms with van der Waals surface area (Å²) >= 11 is 6.00. The summed E-state index contributed by atoms with van der Waals surface area (Å²) in [7, 11) is 1.56. The topological polar surface area (TPSA) is 48.1 Å². The first-order chi connectivity index (χ1) is 8.95. The molecule has 5 heteroatoms. The molecular weight excluding hydrogens is 267 g/mol. The lowest BCUT2D eigenvalue weighted by atomic mass is 9.88. The van der Waals surface area contributed by atoms with Gasteiger partial charge in [-0.05, 0) is 37.3 Å². The molecule has 0 amide bonds. The van der Waals surface area contributed by atoms with E-state index in [1.807, 2.05) is 0 Å². The van der Waals surface area contributed by atoms with Gasteiger partial charge in [0.05, 0.1) is 24.5 Å². The van der Waals surface area contributed by atoms with Crippen molar-refractivity contribution in [1.29, 1.82) is 0 Å². The monoisotopic (exact) mass is 280 g/mol. The molecule has 0 bridgehead atoms. The van der Waals surface area contributed by atoms with Crippen molar-refractivity contribution in [3.8, 4) is 5.75 Å². The molecule has 2 rings (SSSR count). The van der Waals surface area contributed by atoms with Crippen molar-refractivity contribution < 1.29 is 9.13 Å². The second-order valence-electron chi connectivity index (χ2n) is 4.41. The summed E-state index contributed by atoms with van der Waals surface area (Å²) in [5.74, 6) is 0.207. The van der Waals surface area contributed by atoms with Crippen LogP contribution in [0.2, 0.25) is 5.02 Å². The number of nitrogens with zero attached hydrogens (tertiary/aromatic N) is 1. The minimum absolute atomic E-state index is 0.405. The predicted octanol–water partition coefficient (Wildman–Crippen LogP) is 3.10. The number of ether oxygens (including phenoxy) is 1. The van der Waals surface area contributed by atoms with E-state index in [1.54, 1.807) is 38.3 Å². The highest BCUT2D eigenvalue weighted by Gasteiger charge is 2.29. The second-order valence-corrected chi connectivity index (χ2v) is 4.85. The zero-order valence-electron chi connectivity index (χ0n) is 10.7. The molecule has 0 aliphatic heterocycles. The lowest BCUT2D eigenvalue weighted by Gasteiger charge is -2.26. The maximum Gasteiger partial charge on any atom is 0.141 e. The van der Waals surface area contributed by atoms with Crippen LogP contribution in [-0.2, 0) is 5.54 Å². The summed E-state index contributed by atoms with van der Waals surface area (Å²) in [6.07, 6.45) is 1.14. The van der Waals surface area contributed by atoms with Gasteiger partial charge in [-0.25, -0.2) is 4.39 Å². The van der Waals surface area contributed by atoms with Gasteiger partial charge in [-0.1, -0.05) is 11.6 Å². The number of hydrogen-bond acceptors (Lipinski definition) is 3. The normalized spacial score (nSPS) is 13.9. The molecule has 3 nitrogen and oxygen atoms in total. The molecule has 0 saturated carbocycles. The summed E-state index contributed by atoms with van der Waals surface area (Å²) in [5, 5.41) is 0.551. The molecule has 2 N–H and O–H groups in total. The van der Waals surface area contributed by atoms with Gasteiger partial charge >= 0.3 is 0 Å². The van der Waals surface area contributed by atoms with Crippen LogP contribution >= 0.6 is 11.6 Å². The van der Waals surface area contributed by atoms with Gasteiger partial charge in [-0.3, -0.25) is 4.98 Å². The van der Waals surface area contributed by atoms with Gasteiger partial charge in [0.1, 0.15) is 11.6 Å². The van der Waals surface area contributed by atoms with E-state index in [2.05, 4.69) is 4.98 Å². The predicted molar refractivity (Wildman–Crippen MR) is 72.8 cm³/mol. The van der Waals surface area contributed by atoms with Gasteiger partial charge in [-0.15, -0.1) is 0 Å². The number of halogens is 2. The minimum atomic E-state index is -0.927. The van der Waals surface area contributed by atoms with E-state index < -0.39 is 11.4 Å². The molecule has 0 radical (unpaired) electrons. The fraction of sp³-hybridized carbons (Fsp3) is 0.214. The first-order valence-electron chi connectivity index (χ1n) is 5.70. The number of benzene rings is 1. The van der Waals surface area contributed by atoms with Crippen LogP contribution in [0, 0.1) is 5.82 Å². The summed E-state index contributed by atoms with van der Waals surface area (Å²) in [4.78, 5) is 4.03. The number of pyridine rings is 1. The number of hydrogen-bond donors (Lipinski definition) is 1. The molecule has 0 spiro atoms. The minimum Gasteiger partial charge on any atom is -0.496 e. The molecule has 0 saturated heterocycles. The average Bonchev–Trinajstić information content (AvgIpc) is 2.39. The van der Waals surface area contributed by atoms with E-state index in [-0.39, 0.29) is 0 Å². The molecule has 1 aromatic heterocycles. The largest absolute Gasteiger partial charge is 0.496 e. The van der Waals surface area contributed by atoms with E-state index >= 15 is 0 Å². The molecule has 1 atom stereocenters. The SMILES string of the molecule is COc1ccc(Cl)cc1C(C)(N)c1ccc(F)cn1. The lowest BCUT2D eigenvalue weighted by Crippen LogP contribution is -2.35. The first-order valence-corrected chi connectivity index (χ1v) is 6.08. The Kier molecular flexibility index (Phi) is 3.73. The molecule has 0 fully saturated rings. The molecular formula is C14H14ClFN2O. The third kappa shape index (κ3) is 2.69. The summed E-state index contributed by atoms with van der Waals surface area (Å²) in [6, 6.07) is 8.07. The molecule has 0 aliphatic carbocycles.